The third-order valence-electron chi connectivity index (χ3n) is 2.02. The Balaban J connectivity index is 2.63. The van der Waals surface area contributed by atoms with Crippen molar-refractivity contribution in [3.05, 3.63) is 21.9 Å². The van der Waals surface area contributed by atoms with Crippen LogP contribution < -0.4 is 5.32 Å². The van der Waals surface area contributed by atoms with E-state index in [0.717, 1.165) is 15.9 Å². The minimum Gasteiger partial charge on any atom is -0.382 e. The van der Waals surface area contributed by atoms with Crippen LogP contribution in [-0.2, 0) is 0 Å². The van der Waals surface area contributed by atoms with E-state index in [4.69, 9.17) is 0 Å². The fourth-order valence-corrected chi connectivity index (χ4v) is 2.08. The second-order valence-corrected chi connectivity index (χ2v) is 3.92. The van der Waals surface area contributed by atoms with Crippen molar-refractivity contribution in [2.45, 2.75) is 13.3 Å². The van der Waals surface area contributed by atoms with E-state index in [0.29, 0.717) is 18.7 Å². The molecule has 2 heterocycles. The standard InChI is InChI=1S/C9H9BrN2O/c1-5-4-6(10)8-9(12-5)7(13)2-3-11-8/h4,11H,2-3H2,1H3. The van der Waals surface area contributed by atoms with E-state index >= 15 is 0 Å². The third kappa shape index (κ3) is 1.46. The molecule has 0 atom stereocenters. The summed E-state index contributed by atoms with van der Waals surface area (Å²) in [6.07, 6.45) is 0.538. The first kappa shape index (κ1) is 8.69. The molecule has 1 N–H and O–H groups in total. The smallest absolute Gasteiger partial charge is 0.185 e. The zero-order valence-electron chi connectivity index (χ0n) is 7.22. The van der Waals surface area contributed by atoms with Crippen LogP contribution in [0.25, 0.3) is 0 Å². The third-order valence-corrected chi connectivity index (χ3v) is 2.64. The van der Waals surface area contributed by atoms with Crippen LogP contribution in [0.4, 0.5) is 5.69 Å². The van der Waals surface area contributed by atoms with Crippen LogP contribution in [0.1, 0.15) is 22.6 Å². The van der Waals surface area contributed by atoms with Gasteiger partial charge in [-0.25, -0.2) is 4.98 Å². The van der Waals surface area contributed by atoms with Gasteiger partial charge in [0, 0.05) is 23.1 Å². The number of nitrogens with zero attached hydrogens (tertiary/aromatic N) is 1. The molecule has 3 nitrogen and oxygen atoms in total. The molecule has 1 aromatic heterocycles. The summed E-state index contributed by atoms with van der Waals surface area (Å²) in [6.45, 7) is 2.59. The molecule has 0 saturated heterocycles. The van der Waals surface area contributed by atoms with Crippen molar-refractivity contribution in [3.8, 4) is 0 Å². The molecule has 1 aromatic rings. The van der Waals surface area contributed by atoms with E-state index in [1.165, 1.54) is 0 Å². The highest BCUT2D eigenvalue weighted by atomic mass is 79.9. The summed E-state index contributed by atoms with van der Waals surface area (Å²) in [5.74, 6) is 0.123. The van der Waals surface area contributed by atoms with Gasteiger partial charge in [0.25, 0.3) is 0 Å². The Hall–Kier alpha value is -0.900. The Kier molecular flexibility index (Phi) is 2.07. The summed E-state index contributed by atoms with van der Waals surface area (Å²) < 4.78 is 0.919. The number of Topliss-reactive ketones (excluding diaryl/α,β-unsaturated/α-hetero) is 1. The lowest BCUT2D eigenvalue weighted by Crippen LogP contribution is -2.20. The molecule has 0 saturated carbocycles. The summed E-state index contributed by atoms with van der Waals surface area (Å²) in [5, 5.41) is 3.16. The summed E-state index contributed by atoms with van der Waals surface area (Å²) in [4.78, 5) is 15.7. The maximum Gasteiger partial charge on any atom is 0.185 e. The van der Waals surface area contributed by atoms with Gasteiger partial charge >= 0.3 is 0 Å². The first-order chi connectivity index (χ1) is 6.18. The number of nitrogens with one attached hydrogen (secondary N) is 1. The fraction of sp³-hybridized carbons (Fsp3) is 0.333. The molecule has 4 heteroatoms. The van der Waals surface area contributed by atoms with Crippen LogP contribution in [0.5, 0.6) is 0 Å². The number of hydrogen-bond acceptors (Lipinski definition) is 3. The predicted octanol–water partition coefficient (Wildman–Crippen LogP) is 2.15. The lowest BCUT2D eigenvalue weighted by molar-refractivity contribution is 0.0978. The number of halogens is 1. The highest BCUT2D eigenvalue weighted by Crippen LogP contribution is 2.29. The summed E-state index contributed by atoms with van der Waals surface area (Å²) in [6, 6.07) is 1.91. The van der Waals surface area contributed by atoms with Gasteiger partial charge in [-0.05, 0) is 28.9 Å². The fourth-order valence-electron chi connectivity index (χ4n) is 1.42. The van der Waals surface area contributed by atoms with Crippen LogP contribution in [-0.4, -0.2) is 17.3 Å². The van der Waals surface area contributed by atoms with Crippen LogP contribution >= 0.6 is 15.9 Å². The van der Waals surface area contributed by atoms with Gasteiger partial charge in [-0.3, -0.25) is 4.79 Å². The van der Waals surface area contributed by atoms with Crippen LogP contribution in [0.2, 0.25) is 0 Å². The molecule has 0 aliphatic carbocycles. The number of fused-ring (bicyclic) bond motifs is 1. The molecule has 0 fully saturated rings. The highest BCUT2D eigenvalue weighted by Gasteiger charge is 2.20. The molecule has 1 aliphatic heterocycles. The second kappa shape index (κ2) is 3.10. The minimum atomic E-state index is 0.123. The second-order valence-electron chi connectivity index (χ2n) is 3.07. The molecule has 13 heavy (non-hydrogen) atoms. The summed E-state index contributed by atoms with van der Waals surface area (Å²) in [5.41, 5.74) is 2.27. The molecule has 0 unspecified atom stereocenters. The molecule has 1 aliphatic rings. The Morgan fingerprint density at radius 3 is 3.15 bits per heavy atom. The van der Waals surface area contributed by atoms with Crippen molar-refractivity contribution in [3.63, 3.8) is 0 Å². The lowest BCUT2D eigenvalue weighted by atomic mass is 10.1. The molecule has 2 rings (SSSR count). The average molecular weight is 241 g/mol. The van der Waals surface area contributed by atoms with Gasteiger partial charge in [0.15, 0.2) is 5.78 Å². The van der Waals surface area contributed by atoms with Crippen molar-refractivity contribution in [1.82, 2.24) is 4.98 Å². The van der Waals surface area contributed by atoms with Crippen molar-refractivity contribution in [1.29, 1.82) is 0 Å². The van der Waals surface area contributed by atoms with E-state index in [-0.39, 0.29) is 5.78 Å². The molecule has 0 aromatic carbocycles. The van der Waals surface area contributed by atoms with Crippen molar-refractivity contribution < 1.29 is 4.79 Å². The number of ketones is 1. The SMILES string of the molecule is Cc1cc(Br)c2c(n1)C(=O)CCN2. The van der Waals surface area contributed by atoms with Crippen LogP contribution in [0.3, 0.4) is 0 Å². The topological polar surface area (TPSA) is 42.0 Å². The monoisotopic (exact) mass is 240 g/mol. The van der Waals surface area contributed by atoms with Gasteiger partial charge in [-0.1, -0.05) is 0 Å². The Bertz CT molecular complexity index is 376. The molecular weight excluding hydrogens is 232 g/mol. The van der Waals surface area contributed by atoms with Crippen LogP contribution in [0, 0.1) is 6.92 Å². The Labute approximate surface area is 84.7 Å². The van der Waals surface area contributed by atoms with Gasteiger partial charge in [0.2, 0.25) is 0 Å². The normalized spacial score (nSPS) is 15.1. The van der Waals surface area contributed by atoms with E-state index in [1.807, 2.05) is 13.0 Å². The molecule has 0 bridgehead atoms. The van der Waals surface area contributed by atoms with Gasteiger partial charge in [0.05, 0.1) is 5.69 Å². The highest BCUT2D eigenvalue weighted by molar-refractivity contribution is 9.10. The van der Waals surface area contributed by atoms with Gasteiger partial charge in [-0.2, -0.15) is 0 Å². The zero-order chi connectivity index (χ0) is 9.42. The number of anilines is 1. The lowest BCUT2D eigenvalue weighted by Gasteiger charge is -2.17. The summed E-state index contributed by atoms with van der Waals surface area (Å²) >= 11 is 3.41. The molecule has 0 spiro atoms. The Morgan fingerprint density at radius 2 is 2.38 bits per heavy atom. The van der Waals surface area contributed by atoms with Crippen molar-refractivity contribution in [2.75, 3.05) is 11.9 Å². The number of hydrogen-bond donors (Lipinski definition) is 1. The summed E-state index contributed by atoms with van der Waals surface area (Å²) in [7, 11) is 0. The average Bonchev–Trinajstić information content (AvgIpc) is 2.07. The van der Waals surface area contributed by atoms with E-state index in [2.05, 4.69) is 26.2 Å². The van der Waals surface area contributed by atoms with Gasteiger partial charge in [-0.15, -0.1) is 0 Å². The number of pyridine rings is 1. The van der Waals surface area contributed by atoms with E-state index < -0.39 is 0 Å². The first-order valence-corrected chi connectivity index (χ1v) is 4.92. The molecule has 0 amide bonds. The predicted molar refractivity (Wildman–Crippen MR) is 54.1 cm³/mol. The largest absolute Gasteiger partial charge is 0.382 e. The Morgan fingerprint density at radius 1 is 1.62 bits per heavy atom. The minimum absolute atomic E-state index is 0.123. The van der Waals surface area contributed by atoms with Gasteiger partial charge < -0.3 is 5.32 Å². The number of rotatable bonds is 0. The number of aromatic nitrogens is 1. The van der Waals surface area contributed by atoms with Crippen molar-refractivity contribution in [2.24, 2.45) is 0 Å². The number of carbonyl (C=O) groups is 1. The molecule has 0 radical (unpaired) electrons. The maximum absolute atomic E-state index is 11.5. The maximum atomic E-state index is 11.5. The molecular formula is C9H9BrN2O. The number of carbonyl (C=O) groups excluding carboxylic acids is 1. The zero-order valence-corrected chi connectivity index (χ0v) is 8.81. The van der Waals surface area contributed by atoms with Crippen LogP contribution in [0.15, 0.2) is 10.5 Å². The molecule has 68 valence electrons. The van der Waals surface area contributed by atoms with E-state index in [9.17, 15) is 4.79 Å². The van der Waals surface area contributed by atoms with Crippen molar-refractivity contribution >= 4 is 27.4 Å². The van der Waals surface area contributed by atoms with Gasteiger partial charge in [0.1, 0.15) is 5.69 Å². The van der Waals surface area contributed by atoms with E-state index in [1.54, 1.807) is 0 Å². The first-order valence-electron chi connectivity index (χ1n) is 4.12. The quantitative estimate of drug-likeness (QED) is 0.756. The number of aryl methyl sites for hydroxylation is 1.